The summed E-state index contributed by atoms with van der Waals surface area (Å²) in [5.74, 6) is 1.07. The van der Waals surface area contributed by atoms with Gasteiger partial charge in [-0.3, -0.25) is 0 Å². The second-order valence-corrected chi connectivity index (χ2v) is 7.43. The van der Waals surface area contributed by atoms with E-state index in [1.807, 2.05) is 36.4 Å². The summed E-state index contributed by atoms with van der Waals surface area (Å²) in [6.07, 6.45) is 1.03. The summed E-state index contributed by atoms with van der Waals surface area (Å²) in [6, 6.07) is 22.1. The van der Waals surface area contributed by atoms with Crippen molar-refractivity contribution in [3.8, 4) is 11.5 Å². The van der Waals surface area contributed by atoms with Crippen molar-refractivity contribution in [3.63, 3.8) is 0 Å². The highest BCUT2D eigenvalue weighted by Crippen LogP contribution is 2.37. The van der Waals surface area contributed by atoms with Crippen molar-refractivity contribution in [1.29, 1.82) is 0 Å². The Morgan fingerprint density at radius 3 is 2.31 bits per heavy atom. The van der Waals surface area contributed by atoms with E-state index >= 15 is 0 Å². The second-order valence-electron chi connectivity index (χ2n) is 6.62. The van der Waals surface area contributed by atoms with E-state index < -0.39 is 0 Å². The molecule has 3 nitrogen and oxygen atoms in total. The zero-order chi connectivity index (χ0) is 20.6. The van der Waals surface area contributed by atoms with E-state index in [-0.39, 0.29) is 0 Å². The maximum atomic E-state index is 6.48. The van der Waals surface area contributed by atoms with Gasteiger partial charge in [-0.2, -0.15) is 0 Å². The molecule has 0 spiro atoms. The lowest BCUT2D eigenvalue weighted by atomic mass is 10.1. The largest absolute Gasteiger partial charge is 0.493 e. The maximum absolute atomic E-state index is 6.48. The van der Waals surface area contributed by atoms with Crippen LogP contribution in [0.15, 0.2) is 66.7 Å². The first-order valence-corrected chi connectivity index (χ1v) is 10.3. The molecular formula is C24H24ClNO2S. The standard InChI is InChI=1S/C24H24ClNO2S/c1-3-17-9-11-18(12-10-17)15-26-24(29)20-13-21(25)23(22(14-20)27-2)28-16-19-7-5-4-6-8-19/h4-14H,3,15-16H2,1-2H3,(H,26,29). The van der Waals surface area contributed by atoms with E-state index in [1.165, 1.54) is 11.1 Å². The summed E-state index contributed by atoms with van der Waals surface area (Å²) < 4.78 is 11.4. The number of ether oxygens (including phenoxy) is 2. The van der Waals surface area contributed by atoms with E-state index in [9.17, 15) is 0 Å². The van der Waals surface area contributed by atoms with Crippen molar-refractivity contribution in [1.82, 2.24) is 5.32 Å². The molecule has 3 aromatic rings. The number of rotatable bonds is 8. The summed E-state index contributed by atoms with van der Waals surface area (Å²) in [4.78, 5) is 0.611. The van der Waals surface area contributed by atoms with E-state index in [2.05, 4.69) is 36.5 Å². The topological polar surface area (TPSA) is 30.5 Å². The van der Waals surface area contributed by atoms with Crippen LogP contribution in [-0.2, 0) is 19.6 Å². The lowest BCUT2D eigenvalue weighted by Crippen LogP contribution is -2.21. The van der Waals surface area contributed by atoms with Gasteiger partial charge >= 0.3 is 0 Å². The molecule has 0 heterocycles. The molecule has 0 aliphatic rings. The van der Waals surface area contributed by atoms with Gasteiger partial charge < -0.3 is 14.8 Å². The molecule has 0 aromatic heterocycles. The molecule has 0 atom stereocenters. The summed E-state index contributed by atoms with van der Waals surface area (Å²) >= 11 is 12.0. The molecule has 1 N–H and O–H groups in total. The fourth-order valence-electron chi connectivity index (χ4n) is 2.90. The molecular weight excluding hydrogens is 402 g/mol. The molecule has 3 aromatic carbocycles. The number of methoxy groups -OCH3 is 1. The normalized spacial score (nSPS) is 10.4. The van der Waals surface area contributed by atoms with Crippen molar-refractivity contribution in [2.45, 2.75) is 26.5 Å². The monoisotopic (exact) mass is 425 g/mol. The summed E-state index contributed by atoms with van der Waals surface area (Å²) in [6.45, 7) is 3.20. The Kier molecular flexibility index (Phi) is 7.50. The molecule has 0 aliphatic carbocycles. The van der Waals surface area contributed by atoms with Gasteiger partial charge in [0.15, 0.2) is 11.5 Å². The highest BCUT2D eigenvalue weighted by molar-refractivity contribution is 7.80. The quantitative estimate of drug-likeness (QED) is 0.451. The first-order valence-electron chi connectivity index (χ1n) is 9.51. The van der Waals surface area contributed by atoms with Crippen LogP contribution in [0.1, 0.15) is 29.2 Å². The Bertz CT molecular complexity index is 959. The zero-order valence-corrected chi connectivity index (χ0v) is 18.1. The fraction of sp³-hybridized carbons (Fsp3) is 0.208. The number of benzene rings is 3. The Balaban J connectivity index is 1.68. The molecule has 0 radical (unpaired) electrons. The first kappa shape index (κ1) is 21.2. The van der Waals surface area contributed by atoms with Crippen LogP contribution in [0, 0.1) is 0 Å². The SMILES string of the molecule is CCc1ccc(CNC(=S)c2cc(Cl)c(OCc3ccccc3)c(OC)c2)cc1. The minimum Gasteiger partial charge on any atom is -0.493 e. The Hall–Kier alpha value is -2.56. The van der Waals surface area contributed by atoms with Gasteiger partial charge in [-0.05, 0) is 35.2 Å². The number of thiocarbonyl (C=S) groups is 1. The van der Waals surface area contributed by atoms with Crippen LogP contribution in [-0.4, -0.2) is 12.1 Å². The third kappa shape index (κ3) is 5.72. The van der Waals surface area contributed by atoms with Crippen molar-refractivity contribution < 1.29 is 9.47 Å². The lowest BCUT2D eigenvalue weighted by molar-refractivity contribution is 0.284. The molecule has 29 heavy (non-hydrogen) atoms. The average molecular weight is 426 g/mol. The van der Waals surface area contributed by atoms with Crippen LogP contribution in [0.25, 0.3) is 0 Å². The molecule has 3 rings (SSSR count). The molecule has 0 amide bonds. The third-order valence-corrected chi connectivity index (χ3v) is 5.26. The number of hydrogen-bond donors (Lipinski definition) is 1. The van der Waals surface area contributed by atoms with E-state index in [1.54, 1.807) is 13.2 Å². The summed E-state index contributed by atoms with van der Waals surface area (Å²) in [5.41, 5.74) is 4.34. The van der Waals surface area contributed by atoms with Gasteiger partial charge in [-0.1, -0.05) is 85.3 Å². The van der Waals surface area contributed by atoms with Crippen molar-refractivity contribution in [3.05, 3.63) is 94.0 Å². The number of hydrogen-bond acceptors (Lipinski definition) is 3. The average Bonchev–Trinajstić information content (AvgIpc) is 2.77. The van der Waals surface area contributed by atoms with E-state index in [0.29, 0.717) is 34.7 Å². The minimum absolute atomic E-state index is 0.409. The van der Waals surface area contributed by atoms with Gasteiger partial charge in [0.1, 0.15) is 11.6 Å². The molecule has 0 saturated carbocycles. The fourth-order valence-corrected chi connectivity index (χ4v) is 3.35. The molecule has 0 aliphatic heterocycles. The Morgan fingerprint density at radius 2 is 1.66 bits per heavy atom. The van der Waals surface area contributed by atoms with Crippen molar-refractivity contribution in [2.24, 2.45) is 0 Å². The second kappa shape index (κ2) is 10.3. The lowest BCUT2D eigenvalue weighted by Gasteiger charge is -2.15. The van der Waals surface area contributed by atoms with Crippen LogP contribution in [0.5, 0.6) is 11.5 Å². The number of nitrogens with one attached hydrogen (secondary N) is 1. The highest BCUT2D eigenvalue weighted by atomic mass is 35.5. The van der Waals surface area contributed by atoms with Crippen LogP contribution in [0.2, 0.25) is 5.02 Å². The van der Waals surface area contributed by atoms with Crippen LogP contribution < -0.4 is 14.8 Å². The Labute approximate surface area is 182 Å². The predicted octanol–water partition coefficient (Wildman–Crippen LogP) is 5.96. The summed E-state index contributed by atoms with van der Waals surface area (Å²) in [7, 11) is 1.59. The van der Waals surface area contributed by atoms with E-state index in [0.717, 1.165) is 17.5 Å². The predicted molar refractivity (Wildman–Crippen MR) is 123 cm³/mol. The van der Waals surface area contributed by atoms with Crippen molar-refractivity contribution in [2.75, 3.05) is 7.11 Å². The summed E-state index contributed by atoms with van der Waals surface area (Å²) in [5, 5.41) is 3.75. The van der Waals surface area contributed by atoms with Crippen LogP contribution in [0.3, 0.4) is 0 Å². The zero-order valence-electron chi connectivity index (χ0n) is 16.6. The molecule has 0 fully saturated rings. The molecule has 5 heteroatoms. The molecule has 0 saturated heterocycles. The molecule has 150 valence electrons. The molecule has 0 bridgehead atoms. The smallest absolute Gasteiger partial charge is 0.180 e. The van der Waals surface area contributed by atoms with Crippen LogP contribution in [0.4, 0.5) is 0 Å². The van der Waals surface area contributed by atoms with Crippen molar-refractivity contribution >= 4 is 28.8 Å². The maximum Gasteiger partial charge on any atom is 0.180 e. The minimum atomic E-state index is 0.409. The van der Waals surface area contributed by atoms with Gasteiger partial charge in [-0.15, -0.1) is 0 Å². The van der Waals surface area contributed by atoms with Gasteiger partial charge in [0.25, 0.3) is 0 Å². The molecule has 0 unspecified atom stereocenters. The number of aryl methyl sites for hydroxylation is 1. The Morgan fingerprint density at radius 1 is 0.966 bits per heavy atom. The van der Waals surface area contributed by atoms with Gasteiger partial charge in [0.2, 0.25) is 0 Å². The first-order chi connectivity index (χ1) is 14.1. The van der Waals surface area contributed by atoms with Gasteiger partial charge in [0, 0.05) is 12.1 Å². The van der Waals surface area contributed by atoms with Gasteiger partial charge in [0.05, 0.1) is 12.1 Å². The number of halogens is 1. The van der Waals surface area contributed by atoms with E-state index in [4.69, 9.17) is 33.3 Å². The highest BCUT2D eigenvalue weighted by Gasteiger charge is 2.14. The van der Waals surface area contributed by atoms with Crippen LogP contribution >= 0.6 is 23.8 Å². The third-order valence-electron chi connectivity index (χ3n) is 4.60. The van der Waals surface area contributed by atoms with Gasteiger partial charge in [-0.25, -0.2) is 0 Å².